The Bertz CT molecular complexity index is 607. The predicted molar refractivity (Wildman–Crippen MR) is 63.1 cm³/mol. The van der Waals surface area contributed by atoms with Gasteiger partial charge in [0.15, 0.2) is 5.69 Å². The topological polar surface area (TPSA) is 39.8 Å². The minimum atomic E-state index is -4.39. The molecule has 1 aromatic heterocycles. The molecule has 0 aliphatic carbocycles. The molecule has 1 aromatic carbocycles. The maximum Gasteiger partial charge on any atom is 0.416 e. The molecule has 19 heavy (non-hydrogen) atoms. The van der Waals surface area contributed by atoms with Crippen molar-refractivity contribution in [2.45, 2.75) is 20.0 Å². The van der Waals surface area contributed by atoms with E-state index < -0.39 is 11.7 Å². The summed E-state index contributed by atoms with van der Waals surface area (Å²) in [5, 5.41) is 11.8. The second kappa shape index (κ2) is 4.53. The summed E-state index contributed by atoms with van der Waals surface area (Å²) in [7, 11) is 0. The number of alkyl halides is 3. The zero-order valence-electron chi connectivity index (χ0n) is 10.3. The van der Waals surface area contributed by atoms with Crippen molar-refractivity contribution >= 4 is 0 Å². The molecule has 0 fully saturated rings. The highest BCUT2D eigenvalue weighted by atomic mass is 19.4. The van der Waals surface area contributed by atoms with E-state index in [1.54, 1.807) is 19.9 Å². The fraction of sp³-hybridized carbons (Fsp3) is 0.231. The first kappa shape index (κ1) is 13.3. The standard InChI is InChI=1S/C13H11F3N2O/c1-8-7-9(2)18(19)12(17-8)10-3-5-11(6-4-10)13(14,15)16/h3-7H,1-2H3. The minimum Gasteiger partial charge on any atom is -0.710 e. The van der Waals surface area contributed by atoms with E-state index in [1.165, 1.54) is 12.1 Å². The van der Waals surface area contributed by atoms with Crippen LogP contribution in [0.15, 0.2) is 30.3 Å². The first-order valence-electron chi connectivity index (χ1n) is 5.54. The van der Waals surface area contributed by atoms with E-state index in [9.17, 15) is 18.4 Å². The van der Waals surface area contributed by atoms with Gasteiger partial charge in [-0.15, -0.1) is 0 Å². The van der Waals surface area contributed by atoms with Gasteiger partial charge in [-0.2, -0.15) is 13.2 Å². The van der Waals surface area contributed by atoms with Gasteiger partial charge in [0.25, 0.3) is 0 Å². The van der Waals surface area contributed by atoms with E-state index in [-0.39, 0.29) is 5.82 Å². The molecule has 3 nitrogen and oxygen atoms in total. The summed E-state index contributed by atoms with van der Waals surface area (Å²) in [5.41, 5.74) is 0.690. The predicted octanol–water partition coefficient (Wildman–Crippen LogP) is 3.02. The quantitative estimate of drug-likeness (QED) is 0.589. The molecule has 0 N–H and O–H groups in total. The molecule has 1 heterocycles. The maximum atomic E-state index is 12.4. The Labute approximate surface area is 107 Å². The van der Waals surface area contributed by atoms with Gasteiger partial charge < -0.3 is 5.21 Å². The van der Waals surface area contributed by atoms with Crippen molar-refractivity contribution in [2.24, 2.45) is 0 Å². The van der Waals surface area contributed by atoms with Crippen LogP contribution in [0.2, 0.25) is 0 Å². The van der Waals surface area contributed by atoms with Gasteiger partial charge in [-0.25, -0.2) is 4.73 Å². The molecule has 0 saturated carbocycles. The number of hydrogen-bond acceptors (Lipinski definition) is 2. The molecule has 2 aromatic rings. The number of halogens is 3. The molecule has 0 spiro atoms. The molecule has 0 atom stereocenters. The Morgan fingerprint density at radius 2 is 1.68 bits per heavy atom. The Kier molecular flexibility index (Phi) is 3.18. The molecule has 0 aliphatic rings. The van der Waals surface area contributed by atoms with Crippen LogP contribution in [0.3, 0.4) is 0 Å². The summed E-state index contributed by atoms with van der Waals surface area (Å²) < 4.78 is 37.9. The minimum absolute atomic E-state index is 0.103. The normalized spacial score (nSPS) is 11.6. The lowest BCUT2D eigenvalue weighted by Gasteiger charge is -2.10. The van der Waals surface area contributed by atoms with Gasteiger partial charge in [0.05, 0.1) is 11.1 Å². The van der Waals surface area contributed by atoms with Crippen LogP contribution in [0.1, 0.15) is 17.0 Å². The van der Waals surface area contributed by atoms with Crippen molar-refractivity contribution in [3.05, 3.63) is 52.5 Å². The van der Waals surface area contributed by atoms with Gasteiger partial charge in [0.1, 0.15) is 5.69 Å². The van der Waals surface area contributed by atoms with Crippen LogP contribution in [-0.2, 0) is 6.18 Å². The van der Waals surface area contributed by atoms with Crippen LogP contribution in [0.5, 0.6) is 0 Å². The summed E-state index contributed by atoms with van der Waals surface area (Å²) in [5.74, 6) is 0.103. The van der Waals surface area contributed by atoms with Gasteiger partial charge >= 0.3 is 12.0 Å². The van der Waals surface area contributed by atoms with E-state index >= 15 is 0 Å². The van der Waals surface area contributed by atoms with Crippen LogP contribution in [-0.4, -0.2) is 4.98 Å². The van der Waals surface area contributed by atoms with E-state index in [1.807, 2.05) is 0 Å². The Morgan fingerprint density at radius 3 is 2.21 bits per heavy atom. The van der Waals surface area contributed by atoms with Crippen molar-refractivity contribution in [2.75, 3.05) is 0 Å². The highest BCUT2D eigenvalue weighted by Gasteiger charge is 2.30. The van der Waals surface area contributed by atoms with Crippen LogP contribution in [0.4, 0.5) is 13.2 Å². The highest BCUT2D eigenvalue weighted by molar-refractivity contribution is 5.53. The summed E-state index contributed by atoms with van der Waals surface area (Å²) in [6, 6.07) is 5.99. The van der Waals surface area contributed by atoms with E-state index in [0.29, 0.717) is 21.7 Å². The molecule has 0 saturated heterocycles. The van der Waals surface area contributed by atoms with Crippen molar-refractivity contribution < 1.29 is 17.9 Å². The average Bonchev–Trinajstić information content (AvgIpc) is 2.33. The van der Waals surface area contributed by atoms with E-state index in [2.05, 4.69) is 4.98 Å². The lowest BCUT2D eigenvalue weighted by molar-refractivity contribution is -0.603. The number of hydrogen-bond donors (Lipinski definition) is 0. The Hall–Kier alpha value is -2.11. The Balaban J connectivity index is 2.49. The molecule has 0 amide bonds. The SMILES string of the molecule is Cc1cc(C)[n+]([O-])c(-c2ccc(C(F)(F)F)cc2)n1. The average molecular weight is 268 g/mol. The molecule has 0 unspecified atom stereocenters. The first-order valence-corrected chi connectivity index (χ1v) is 5.54. The Morgan fingerprint density at radius 1 is 1.11 bits per heavy atom. The van der Waals surface area contributed by atoms with Gasteiger partial charge in [-0.1, -0.05) is 0 Å². The number of nitrogens with zero attached hydrogens (tertiary/aromatic N) is 2. The molecule has 6 heteroatoms. The summed E-state index contributed by atoms with van der Waals surface area (Å²) >= 11 is 0. The smallest absolute Gasteiger partial charge is 0.416 e. The lowest BCUT2D eigenvalue weighted by Crippen LogP contribution is -2.34. The summed E-state index contributed by atoms with van der Waals surface area (Å²) in [4.78, 5) is 4.06. The van der Waals surface area contributed by atoms with Crippen LogP contribution < -0.4 is 4.73 Å². The van der Waals surface area contributed by atoms with Crippen LogP contribution in [0, 0.1) is 19.1 Å². The summed E-state index contributed by atoms with van der Waals surface area (Å²) in [6.45, 7) is 3.34. The third kappa shape index (κ3) is 2.67. The largest absolute Gasteiger partial charge is 0.710 e. The molecule has 0 aliphatic heterocycles. The first-order chi connectivity index (χ1) is 8.79. The number of benzene rings is 1. The van der Waals surface area contributed by atoms with Gasteiger partial charge in [-0.3, -0.25) is 0 Å². The number of aryl methyl sites for hydroxylation is 2. The van der Waals surface area contributed by atoms with Crippen LogP contribution in [0.25, 0.3) is 11.4 Å². The second-order valence-electron chi connectivity index (χ2n) is 4.23. The third-order valence-corrected chi connectivity index (χ3v) is 2.68. The van der Waals surface area contributed by atoms with Gasteiger partial charge in [0, 0.05) is 13.0 Å². The third-order valence-electron chi connectivity index (χ3n) is 2.68. The fourth-order valence-corrected chi connectivity index (χ4v) is 1.76. The molecule has 0 bridgehead atoms. The van der Waals surface area contributed by atoms with Gasteiger partial charge in [-0.05, 0) is 36.2 Å². The number of aromatic nitrogens is 2. The molecular weight excluding hydrogens is 257 g/mol. The van der Waals surface area contributed by atoms with Crippen molar-refractivity contribution in [1.82, 2.24) is 4.98 Å². The van der Waals surface area contributed by atoms with E-state index in [4.69, 9.17) is 0 Å². The fourth-order valence-electron chi connectivity index (χ4n) is 1.76. The van der Waals surface area contributed by atoms with Crippen molar-refractivity contribution in [3.63, 3.8) is 0 Å². The van der Waals surface area contributed by atoms with E-state index in [0.717, 1.165) is 12.1 Å². The zero-order valence-corrected chi connectivity index (χ0v) is 10.3. The van der Waals surface area contributed by atoms with Crippen LogP contribution >= 0.6 is 0 Å². The number of rotatable bonds is 1. The monoisotopic (exact) mass is 268 g/mol. The van der Waals surface area contributed by atoms with Crippen molar-refractivity contribution in [3.8, 4) is 11.4 Å². The second-order valence-corrected chi connectivity index (χ2v) is 4.23. The molecule has 100 valence electrons. The zero-order chi connectivity index (χ0) is 14.2. The highest BCUT2D eigenvalue weighted by Crippen LogP contribution is 2.30. The van der Waals surface area contributed by atoms with Crippen molar-refractivity contribution in [1.29, 1.82) is 0 Å². The molecular formula is C13H11F3N2O. The molecule has 2 rings (SSSR count). The lowest BCUT2D eigenvalue weighted by atomic mass is 10.1. The molecule has 0 radical (unpaired) electrons. The summed E-state index contributed by atoms with van der Waals surface area (Å²) in [6.07, 6.45) is -4.39. The maximum absolute atomic E-state index is 12.4. The van der Waals surface area contributed by atoms with Gasteiger partial charge in [0.2, 0.25) is 0 Å².